The first-order chi connectivity index (χ1) is 9.97. The number of esters is 1. The van der Waals surface area contributed by atoms with Gasteiger partial charge < -0.3 is 15.0 Å². The maximum absolute atomic E-state index is 12.0. The molecule has 0 unspecified atom stereocenters. The zero-order chi connectivity index (χ0) is 15.6. The van der Waals surface area contributed by atoms with Gasteiger partial charge in [-0.05, 0) is 12.0 Å². The van der Waals surface area contributed by atoms with Crippen LogP contribution in [0.4, 0.5) is 5.00 Å². The van der Waals surface area contributed by atoms with E-state index in [1.165, 1.54) is 25.4 Å². The van der Waals surface area contributed by atoms with E-state index in [0.29, 0.717) is 30.1 Å². The molecular formula is C13H15ClN2O4S. The van der Waals surface area contributed by atoms with Gasteiger partial charge >= 0.3 is 5.97 Å². The van der Waals surface area contributed by atoms with E-state index in [1.807, 2.05) is 0 Å². The molecule has 0 fully saturated rings. The molecule has 0 radical (unpaired) electrons. The molecule has 0 saturated heterocycles. The quantitative estimate of drug-likeness (QED) is 0.675. The molecule has 0 bridgehead atoms. The number of methoxy groups -OCH3 is 1. The molecule has 0 aromatic carbocycles. The lowest BCUT2D eigenvalue weighted by molar-refractivity contribution is -0.129. The number of amides is 2. The Morgan fingerprint density at radius 3 is 2.71 bits per heavy atom. The predicted octanol–water partition coefficient (Wildman–Crippen LogP) is 1.62. The Hall–Kier alpha value is -1.60. The molecule has 114 valence electrons. The number of alkyl halides is 1. The smallest absolute Gasteiger partial charge is 0.341 e. The van der Waals surface area contributed by atoms with E-state index in [2.05, 4.69) is 5.32 Å². The van der Waals surface area contributed by atoms with Crippen LogP contribution in [-0.2, 0) is 27.3 Å². The van der Waals surface area contributed by atoms with E-state index < -0.39 is 5.97 Å². The van der Waals surface area contributed by atoms with Crippen LogP contribution in [0, 0.1) is 0 Å². The van der Waals surface area contributed by atoms with Gasteiger partial charge in [-0.3, -0.25) is 9.59 Å². The SMILES string of the molecule is COC(=O)c1c(NC(=O)CCl)sc2c1CCN(C(C)=O)C2. The second kappa shape index (κ2) is 6.44. The largest absolute Gasteiger partial charge is 0.465 e. The Bertz CT molecular complexity index is 599. The van der Waals surface area contributed by atoms with Crippen molar-refractivity contribution >= 4 is 45.7 Å². The molecule has 0 atom stereocenters. The lowest BCUT2D eigenvalue weighted by Gasteiger charge is -2.25. The predicted molar refractivity (Wildman–Crippen MR) is 79.8 cm³/mol. The summed E-state index contributed by atoms with van der Waals surface area (Å²) in [5.74, 6) is -1.08. The lowest BCUT2D eigenvalue weighted by Crippen LogP contribution is -2.33. The van der Waals surface area contributed by atoms with Crippen molar-refractivity contribution in [3.05, 3.63) is 16.0 Å². The molecule has 1 aliphatic heterocycles. The van der Waals surface area contributed by atoms with Crippen molar-refractivity contribution in [3.8, 4) is 0 Å². The number of anilines is 1. The number of carbonyl (C=O) groups excluding carboxylic acids is 3. The fraction of sp³-hybridized carbons (Fsp3) is 0.462. The third-order valence-corrected chi connectivity index (χ3v) is 4.64. The van der Waals surface area contributed by atoms with Crippen molar-refractivity contribution < 1.29 is 19.1 Å². The number of hydrogen-bond donors (Lipinski definition) is 1. The second-order valence-electron chi connectivity index (χ2n) is 4.57. The molecule has 1 aromatic heterocycles. The van der Waals surface area contributed by atoms with E-state index in [1.54, 1.807) is 4.90 Å². The van der Waals surface area contributed by atoms with Gasteiger partial charge in [0.2, 0.25) is 11.8 Å². The highest BCUT2D eigenvalue weighted by Crippen LogP contribution is 2.37. The molecule has 1 aliphatic rings. The Morgan fingerprint density at radius 2 is 2.14 bits per heavy atom. The van der Waals surface area contributed by atoms with Gasteiger partial charge in [0.25, 0.3) is 0 Å². The summed E-state index contributed by atoms with van der Waals surface area (Å²) in [6, 6.07) is 0. The summed E-state index contributed by atoms with van der Waals surface area (Å²) in [4.78, 5) is 37.5. The van der Waals surface area contributed by atoms with Crippen LogP contribution in [0.2, 0.25) is 0 Å². The number of fused-ring (bicyclic) bond motifs is 1. The number of rotatable bonds is 3. The average Bonchev–Trinajstić information content (AvgIpc) is 2.82. The highest BCUT2D eigenvalue weighted by Gasteiger charge is 2.29. The van der Waals surface area contributed by atoms with E-state index in [-0.39, 0.29) is 17.7 Å². The summed E-state index contributed by atoms with van der Waals surface area (Å²) in [5, 5.41) is 3.05. The van der Waals surface area contributed by atoms with Crippen LogP contribution in [0.25, 0.3) is 0 Å². The maximum atomic E-state index is 12.0. The fourth-order valence-corrected chi connectivity index (χ4v) is 3.57. The van der Waals surface area contributed by atoms with Crippen molar-refractivity contribution in [1.29, 1.82) is 0 Å². The van der Waals surface area contributed by atoms with Crippen molar-refractivity contribution in [2.75, 3.05) is 24.9 Å². The topological polar surface area (TPSA) is 75.7 Å². The minimum absolute atomic E-state index is 0.0139. The van der Waals surface area contributed by atoms with E-state index in [9.17, 15) is 14.4 Å². The first kappa shape index (κ1) is 15.8. The second-order valence-corrected chi connectivity index (χ2v) is 5.94. The van der Waals surface area contributed by atoms with Crippen LogP contribution >= 0.6 is 22.9 Å². The summed E-state index contributed by atoms with van der Waals surface area (Å²) in [6.45, 7) is 2.50. The highest BCUT2D eigenvalue weighted by atomic mass is 35.5. The Kier molecular flexibility index (Phi) is 4.84. The van der Waals surface area contributed by atoms with Crippen LogP contribution in [0.5, 0.6) is 0 Å². The van der Waals surface area contributed by atoms with Crippen molar-refractivity contribution in [2.24, 2.45) is 0 Å². The highest BCUT2D eigenvalue weighted by molar-refractivity contribution is 7.17. The summed E-state index contributed by atoms with van der Waals surface area (Å²) in [7, 11) is 1.30. The van der Waals surface area contributed by atoms with Crippen LogP contribution in [0.1, 0.15) is 27.7 Å². The van der Waals surface area contributed by atoms with Gasteiger partial charge in [-0.25, -0.2) is 4.79 Å². The standard InChI is InChI=1S/C13H15ClN2O4S/c1-7(17)16-4-3-8-9(6-16)21-12(15-10(18)5-14)11(8)13(19)20-2/h3-6H2,1-2H3,(H,15,18). The summed E-state index contributed by atoms with van der Waals surface area (Å²) in [6.07, 6.45) is 0.562. The number of thiophene rings is 1. The summed E-state index contributed by atoms with van der Waals surface area (Å²) < 4.78 is 4.79. The van der Waals surface area contributed by atoms with Gasteiger partial charge in [-0.2, -0.15) is 0 Å². The van der Waals surface area contributed by atoms with Gasteiger partial charge in [-0.1, -0.05) is 0 Å². The molecule has 21 heavy (non-hydrogen) atoms. The van der Waals surface area contributed by atoms with Crippen LogP contribution < -0.4 is 5.32 Å². The van der Waals surface area contributed by atoms with Gasteiger partial charge in [0.1, 0.15) is 10.9 Å². The van der Waals surface area contributed by atoms with Crippen LogP contribution in [0.15, 0.2) is 0 Å². The number of ether oxygens (including phenoxy) is 1. The molecule has 0 saturated carbocycles. The molecule has 2 rings (SSSR count). The van der Waals surface area contributed by atoms with E-state index in [0.717, 1.165) is 10.4 Å². The molecule has 6 nitrogen and oxygen atoms in total. The Balaban J connectivity index is 2.40. The summed E-state index contributed by atoms with van der Waals surface area (Å²) in [5.41, 5.74) is 1.22. The van der Waals surface area contributed by atoms with Crippen molar-refractivity contribution in [1.82, 2.24) is 4.90 Å². The summed E-state index contributed by atoms with van der Waals surface area (Å²) >= 11 is 6.77. The first-order valence-corrected chi connectivity index (χ1v) is 7.67. The number of nitrogens with zero attached hydrogens (tertiary/aromatic N) is 1. The van der Waals surface area contributed by atoms with Gasteiger partial charge in [0.15, 0.2) is 0 Å². The fourth-order valence-electron chi connectivity index (χ4n) is 2.24. The molecule has 1 aromatic rings. The Morgan fingerprint density at radius 1 is 1.43 bits per heavy atom. The third kappa shape index (κ3) is 3.19. The average molecular weight is 331 g/mol. The minimum atomic E-state index is -0.492. The lowest BCUT2D eigenvalue weighted by atomic mass is 10.0. The van der Waals surface area contributed by atoms with Gasteiger partial charge in [-0.15, -0.1) is 22.9 Å². The normalized spacial score (nSPS) is 13.6. The molecule has 2 amide bonds. The number of halogens is 1. The van der Waals surface area contributed by atoms with E-state index in [4.69, 9.17) is 16.3 Å². The molecule has 0 aliphatic carbocycles. The van der Waals surface area contributed by atoms with E-state index >= 15 is 0 Å². The molecule has 0 spiro atoms. The number of nitrogens with one attached hydrogen (secondary N) is 1. The van der Waals surface area contributed by atoms with Crippen molar-refractivity contribution in [3.63, 3.8) is 0 Å². The van der Waals surface area contributed by atoms with Gasteiger partial charge in [0, 0.05) is 18.3 Å². The monoisotopic (exact) mass is 330 g/mol. The zero-order valence-corrected chi connectivity index (χ0v) is 13.3. The zero-order valence-electron chi connectivity index (χ0n) is 11.7. The van der Waals surface area contributed by atoms with Crippen LogP contribution in [0.3, 0.4) is 0 Å². The molecule has 2 heterocycles. The molecular weight excluding hydrogens is 316 g/mol. The first-order valence-electron chi connectivity index (χ1n) is 6.32. The number of carbonyl (C=O) groups is 3. The Labute approximate surface area is 131 Å². The third-order valence-electron chi connectivity index (χ3n) is 3.27. The molecule has 8 heteroatoms. The minimum Gasteiger partial charge on any atom is -0.465 e. The van der Waals surface area contributed by atoms with Crippen molar-refractivity contribution in [2.45, 2.75) is 19.9 Å². The van der Waals surface area contributed by atoms with Crippen LogP contribution in [-0.4, -0.2) is 42.2 Å². The number of hydrogen-bond acceptors (Lipinski definition) is 5. The maximum Gasteiger partial charge on any atom is 0.341 e. The van der Waals surface area contributed by atoms with Gasteiger partial charge in [0.05, 0.1) is 19.2 Å². The molecule has 1 N–H and O–H groups in total.